The highest BCUT2D eigenvalue weighted by Crippen LogP contribution is 2.47. The predicted molar refractivity (Wildman–Crippen MR) is 146 cm³/mol. The molecule has 1 atom stereocenters. The lowest BCUT2D eigenvalue weighted by atomic mass is 9.86. The van der Waals surface area contributed by atoms with Crippen LogP contribution in [0.25, 0.3) is 6.08 Å². The molecule has 0 N–H and O–H groups in total. The quantitative estimate of drug-likeness (QED) is 0.226. The molecule has 0 aromatic heterocycles. The largest absolute Gasteiger partial charge is 0.289 e. The molecule has 5 rings (SSSR count). The first kappa shape index (κ1) is 23.7. The maximum Gasteiger partial charge on any atom is 0.265 e. The minimum absolute atomic E-state index is 0.157. The smallest absolute Gasteiger partial charge is 0.265 e. The molecule has 174 valence electrons. The van der Waals surface area contributed by atoms with Gasteiger partial charge in [0.1, 0.15) is 6.04 Å². The number of hydrogen-bond acceptors (Lipinski definition) is 3. The van der Waals surface area contributed by atoms with Crippen molar-refractivity contribution in [2.75, 3.05) is 4.31 Å². The number of nitrogens with zero attached hydrogens (tertiary/aromatic N) is 1. The van der Waals surface area contributed by atoms with Crippen molar-refractivity contribution in [2.24, 2.45) is 0 Å². The van der Waals surface area contributed by atoms with Crippen molar-refractivity contribution in [2.45, 2.75) is 10.9 Å². The van der Waals surface area contributed by atoms with Gasteiger partial charge in [-0.05, 0) is 59.7 Å². The van der Waals surface area contributed by atoms with Crippen LogP contribution in [-0.2, 0) is 10.0 Å². The summed E-state index contributed by atoms with van der Waals surface area (Å²) in [6.07, 6.45) is 1.78. The van der Waals surface area contributed by atoms with E-state index in [0.717, 1.165) is 10.0 Å². The van der Waals surface area contributed by atoms with Crippen molar-refractivity contribution in [3.63, 3.8) is 0 Å². The Labute approximate surface area is 221 Å². The van der Waals surface area contributed by atoms with Gasteiger partial charge in [0.15, 0.2) is 5.78 Å². The van der Waals surface area contributed by atoms with E-state index in [-0.39, 0.29) is 10.7 Å². The summed E-state index contributed by atoms with van der Waals surface area (Å²) in [7, 11) is -4.03. The highest BCUT2D eigenvalue weighted by Gasteiger charge is 2.43. The van der Waals surface area contributed by atoms with Gasteiger partial charge in [-0.3, -0.25) is 9.10 Å². The van der Waals surface area contributed by atoms with E-state index >= 15 is 0 Å². The first-order chi connectivity index (χ1) is 16.9. The molecule has 1 aliphatic heterocycles. The van der Waals surface area contributed by atoms with E-state index in [4.69, 9.17) is 0 Å². The number of fused-ring (bicyclic) bond motifs is 1. The normalized spacial score (nSPS) is 16.9. The van der Waals surface area contributed by atoms with Crippen LogP contribution in [0.4, 0.5) is 5.69 Å². The third kappa shape index (κ3) is 4.40. The van der Waals surface area contributed by atoms with E-state index in [0.29, 0.717) is 26.9 Å². The van der Waals surface area contributed by atoms with Crippen molar-refractivity contribution in [3.8, 4) is 0 Å². The number of ketones is 1. The summed E-state index contributed by atoms with van der Waals surface area (Å²) >= 11 is 7.04. The zero-order chi connectivity index (χ0) is 24.6. The van der Waals surface area contributed by atoms with Gasteiger partial charge in [-0.2, -0.15) is 0 Å². The lowest BCUT2D eigenvalue weighted by Crippen LogP contribution is -2.41. The van der Waals surface area contributed by atoms with Crippen LogP contribution in [0.15, 0.2) is 123 Å². The fourth-order valence-electron chi connectivity index (χ4n) is 4.25. The predicted octanol–water partition coefficient (Wildman–Crippen LogP) is 7.43. The summed E-state index contributed by atoms with van der Waals surface area (Å²) in [5, 5.41) is 0. The fourth-order valence-corrected chi connectivity index (χ4v) is 6.67. The molecule has 35 heavy (non-hydrogen) atoms. The molecule has 1 unspecified atom stereocenters. The van der Waals surface area contributed by atoms with Gasteiger partial charge in [-0.1, -0.05) is 92.5 Å². The molecule has 0 aliphatic carbocycles. The Bertz CT molecular complexity index is 1550. The number of Topliss-reactive ketones (excluding diaryl/α,β-unsaturated/α-hetero) is 1. The Kier molecular flexibility index (Phi) is 6.49. The topological polar surface area (TPSA) is 54.5 Å². The second-order valence-electron chi connectivity index (χ2n) is 8.04. The molecule has 0 fully saturated rings. The minimum atomic E-state index is -4.03. The van der Waals surface area contributed by atoms with Crippen molar-refractivity contribution >= 4 is 59.4 Å². The van der Waals surface area contributed by atoms with Gasteiger partial charge in [-0.25, -0.2) is 8.42 Å². The summed E-state index contributed by atoms with van der Waals surface area (Å²) in [5.41, 5.74) is 2.55. The lowest BCUT2D eigenvalue weighted by molar-refractivity contribution is 0.102. The van der Waals surface area contributed by atoms with Crippen LogP contribution in [0.1, 0.15) is 27.5 Å². The summed E-state index contributed by atoms with van der Waals surface area (Å²) < 4.78 is 31.3. The minimum Gasteiger partial charge on any atom is -0.289 e. The number of benzene rings is 4. The Balaban J connectivity index is 1.84. The number of carbonyl (C=O) groups is 1. The number of sulfonamides is 1. The SMILES string of the molecule is O=C1/C(=C/c2ccc(Br)cc2)C(c2ccccc2Br)N(S(=O)(=O)c2ccccc2)c2ccccc21. The molecule has 4 aromatic carbocycles. The standard InChI is InChI=1S/C28H19Br2NO3S/c29-20-16-14-19(15-17-20)18-24-27(22-10-4-6-12-25(22)30)31(26-13-7-5-11-23(26)28(24)32)35(33,34)21-8-2-1-3-9-21/h1-18,27H/b24-18+. The van der Waals surface area contributed by atoms with Gasteiger partial charge in [-0.15, -0.1) is 0 Å². The van der Waals surface area contributed by atoms with E-state index in [1.165, 1.54) is 4.31 Å². The Morgan fingerprint density at radius 3 is 2.09 bits per heavy atom. The van der Waals surface area contributed by atoms with Crippen LogP contribution in [0.3, 0.4) is 0 Å². The number of hydrogen-bond donors (Lipinski definition) is 0. The first-order valence-electron chi connectivity index (χ1n) is 10.8. The van der Waals surface area contributed by atoms with E-state index in [1.807, 2.05) is 48.5 Å². The molecule has 1 aliphatic rings. The molecule has 4 nitrogen and oxygen atoms in total. The van der Waals surface area contributed by atoms with E-state index in [2.05, 4.69) is 31.9 Å². The van der Waals surface area contributed by atoms with Crippen LogP contribution in [-0.4, -0.2) is 14.2 Å². The summed E-state index contributed by atoms with van der Waals surface area (Å²) in [4.78, 5) is 14.0. The highest BCUT2D eigenvalue weighted by atomic mass is 79.9. The molecule has 1 heterocycles. The number of carbonyl (C=O) groups excluding carboxylic acids is 1. The van der Waals surface area contributed by atoms with Gasteiger partial charge in [0.2, 0.25) is 0 Å². The van der Waals surface area contributed by atoms with Gasteiger partial charge in [0.05, 0.1) is 10.6 Å². The Morgan fingerprint density at radius 1 is 0.743 bits per heavy atom. The number of anilines is 1. The molecule has 0 radical (unpaired) electrons. The Morgan fingerprint density at radius 2 is 1.37 bits per heavy atom. The van der Waals surface area contributed by atoms with Crippen LogP contribution in [0.2, 0.25) is 0 Å². The molecule has 4 aromatic rings. The van der Waals surface area contributed by atoms with Crippen LogP contribution in [0.5, 0.6) is 0 Å². The van der Waals surface area contributed by atoms with Crippen molar-refractivity contribution in [1.82, 2.24) is 0 Å². The van der Waals surface area contributed by atoms with Crippen LogP contribution < -0.4 is 4.31 Å². The summed E-state index contributed by atoms with van der Waals surface area (Å²) in [6, 6.07) is 29.3. The van der Waals surface area contributed by atoms with Gasteiger partial charge in [0.25, 0.3) is 10.0 Å². The second-order valence-corrected chi connectivity index (χ2v) is 11.6. The number of para-hydroxylation sites is 1. The van der Waals surface area contributed by atoms with E-state index < -0.39 is 16.1 Å². The average molecular weight is 609 g/mol. The van der Waals surface area contributed by atoms with Gasteiger partial charge >= 0.3 is 0 Å². The molecule has 0 amide bonds. The molecular weight excluding hydrogens is 590 g/mol. The first-order valence-corrected chi connectivity index (χ1v) is 13.9. The summed E-state index contributed by atoms with van der Waals surface area (Å²) in [6.45, 7) is 0. The maximum absolute atomic E-state index is 14.2. The fraction of sp³-hybridized carbons (Fsp3) is 0.0357. The zero-order valence-electron chi connectivity index (χ0n) is 18.3. The molecular formula is C28H19Br2NO3S. The Hall–Kier alpha value is -3.00. The van der Waals surface area contributed by atoms with Gasteiger partial charge < -0.3 is 0 Å². The van der Waals surface area contributed by atoms with Crippen molar-refractivity contribution < 1.29 is 13.2 Å². The number of halogens is 2. The second kappa shape index (κ2) is 9.57. The average Bonchev–Trinajstić information content (AvgIpc) is 2.87. The number of rotatable bonds is 4. The van der Waals surface area contributed by atoms with Crippen LogP contribution >= 0.6 is 31.9 Å². The lowest BCUT2D eigenvalue weighted by Gasteiger charge is -2.39. The third-order valence-electron chi connectivity index (χ3n) is 5.87. The highest BCUT2D eigenvalue weighted by molar-refractivity contribution is 9.10. The van der Waals surface area contributed by atoms with E-state index in [1.54, 1.807) is 60.7 Å². The molecule has 0 saturated carbocycles. The molecule has 0 saturated heterocycles. The van der Waals surface area contributed by atoms with Crippen LogP contribution in [0, 0.1) is 0 Å². The maximum atomic E-state index is 14.2. The van der Waals surface area contributed by atoms with Gasteiger partial charge in [0, 0.05) is 20.1 Å². The van der Waals surface area contributed by atoms with Crippen molar-refractivity contribution in [1.29, 1.82) is 0 Å². The third-order valence-corrected chi connectivity index (χ3v) is 8.91. The zero-order valence-corrected chi connectivity index (χ0v) is 22.3. The molecule has 0 bridgehead atoms. The summed E-state index contributed by atoms with van der Waals surface area (Å²) in [5.74, 6) is -0.205. The molecule has 0 spiro atoms. The monoisotopic (exact) mass is 607 g/mol. The molecule has 7 heteroatoms. The van der Waals surface area contributed by atoms with E-state index in [9.17, 15) is 13.2 Å². The van der Waals surface area contributed by atoms with Crippen molar-refractivity contribution in [3.05, 3.63) is 134 Å².